The van der Waals surface area contributed by atoms with Gasteiger partial charge in [-0.3, -0.25) is 4.79 Å². The third kappa shape index (κ3) is 2.07. The maximum Gasteiger partial charge on any atom is 0.261 e. The topological polar surface area (TPSA) is 34.5 Å². The number of para-hydroxylation sites is 2. The number of rotatable bonds is 3. The predicted octanol–water partition coefficient (Wildman–Crippen LogP) is 3.92. The molecule has 120 valence electrons. The van der Waals surface area contributed by atoms with Gasteiger partial charge in [-0.05, 0) is 23.8 Å². The zero-order valence-electron chi connectivity index (χ0n) is 13.5. The second-order valence-electron chi connectivity index (χ2n) is 5.92. The fourth-order valence-corrected chi connectivity index (χ4v) is 3.44. The van der Waals surface area contributed by atoms with Crippen LogP contribution in [0.25, 0.3) is 16.5 Å². The summed E-state index contributed by atoms with van der Waals surface area (Å²) in [5, 5.41) is 0.941. The van der Waals surface area contributed by atoms with Gasteiger partial charge in [0.05, 0.1) is 23.3 Å². The van der Waals surface area contributed by atoms with Crippen LogP contribution in [0.15, 0.2) is 61.2 Å². The molecule has 0 aliphatic carbocycles. The summed E-state index contributed by atoms with van der Waals surface area (Å²) < 4.78 is 7.39. The molecule has 1 aliphatic rings. The molecule has 1 amide bonds. The van der Waals surface area contributed by atoms with E-state index in [9.17, 15) is 4.79 Å². The summed E-state index contributed by atoms with van der Waals surface area (Å²) in [5.74, 6) is 0.00894. The first-order valence-electron chi connectivity index (χ1n) is 7.87. The van der Waals surface area contributed by atoms with Gasteiger partial charge in [-0.25, -0.2) is 0 Å². The molecule has 24 heavy (non-hydrogen) atoms. The molecule has 0 unspecified atom stereocenters. The van der Waals surface area contributed by atoms with Crippen LogP contribution in [0.1, 0.15) is 16.1 Å². The molecule has 0 atom stereocenters. The van der Waals surface area contributed by atoms with Crippen LogP contribution < -0.4 is 4.90 Å². The van der Waals surface area contributed by atoms with E-state index in [0.29, 0.717) is 18.8 Å². The highest BCUT2D eigenvalue weighted by Crippen LogP contribution is 2.36. The van der Waals surface area contributed by atoms with E-state index in [-0.39, 0.29) is 5.91 Å². The van der Waals surface area contributed by atoms with Gasteiger partial charge < -0.3 is 14.2 Å². The first-order chi connectivity index (χ1) is 11.7. The molecule has 1 aromatic heterocycles. The fourth-order valence-electron chi connectivity index (χ4n) is 3.44. The Labute approximate surface area is 140 Å². The summed E-state index contributed by atoms with van der Waals surface area (Å²) in [4.78, 5) is 15.0. The summed E-state index contributed by atoms with van der Waals surface area (Å²) in [6.45, 7) is 5.11. The summed E-state index contributed by atoms with van der Waals surface area (Å²) >= 11 is 0. The zero-order valence-corrected chi connectivity index (χ0v) is 13.5. The van der Waals surface area contributed by atoms with Gasteiger partial charge in [0.2, 0.25) is 0 Å². The summed E-state index contributed by atoms with van der Waals surface area (Å²) in [7, 11) is 1.66. The predicted molar refractivity (Wildman–Crippen MR) is 96.1 cm³/mol. The molecule has 0 saturated carbocycles. The number of aromatic nitrogens is 1. The van der Waals surface area contributed by atoms with E-state index in [1.165, 1.54) is 0 Å². The van der Waals surface area contributed by atoms with Gasteiger partial charge in [0.25, 0.3) is 5.91 Å². The van der Waals surface area contributed by atoms with Crippen molar-refractivity contribution >= 4 is 28.1 Å². The van der Waals surface area contributed by atoms with Crippen molar-refractivity contribution in [1.82, 2.24) is 4.57 Å². The van der Waals surface area contributed by atoms with E-state index in [1.54, 1.807) is 12.0 Å². The largest absolute Gasteiger partial charge is 0.364 e. The summed E-state index contributed by atoms with van der Waals surface area (Å²) in [6, 6.07) is 17.7. The quantitative estimate of drug-likeness (QED) is 0.733. The molecule has 0 spiro atoms. The molecule has 0 bridgehead atoms. The number of anilines is 1. The average molecular weight is 318 g/mol. The lowest BCUT2D eigenvalue weighted by molar-refractivity contribution is 0.0986. The van der Waals surface area contributed by atoms with Crippen LogP contribution in [0.3, 0.4) is 0 Å². The number of benzene rings is 2. The maximum absolute atomic E-state index is 13.2. The molecule has 3 aromatic rings. The van der Waals surface area contributed by atoms with Crippen molar-refractivity contribution in [1.29, 1.82) is 0 Å². The van der Waals surface area contributed by atoms with Crippen LogP contribution >= 0.6 is 0 Å². The van der Waals surface area contributed by atoms with Gasteiger partial charge in [0, 0.05) is 18.2 Å². The van der Waals surface area contributed by atoms with E-state index in [0.717, 1.165) is 27.9 Å². The number of carbonyl (C=O) groups excluding carboxylic acids is 1. The number of hydrogen-bond donors (Lipinski definition) is 0. The molecular weight excluding hydrogens is 300 g/mol. The molecule has 2 heterocycles. The normalized spacial score (nSPS) is 14.3. The third-order valence-corrected chi connectivity index (χ3v) is 4.44. The van der Waals surface area contributed by atoms with Crippen LogP contribution in [0, 0.1) is 0 Å². The number of fused-ring (bicyclic) bond motifs is 3. The van der Waals surface area contributed by atoms with Crippen LogP contribution in [0.2, 0.25) is 0 Å². The molecule has 2 aromatic carbocycles. The van der Waals surface area contributed by atoms with Gasteiger partial charge in [0.1, 0.15) is 6.73 Å². The second-order valence-corrected chi connectivity index (χ2v) is 5.92. The van der Waals surface area contributed by atoms with Gasteiger partial charge in [-0.15, -0.1) is 0 Å². The van der Waals surface area contributed by atoms with E-state index in [4.69, 9.17) is 4.74 Å². The van der Waals surface area contributed by atoms with Crippen molar-refractivity contribution in [2.75, 3.05) is 18.6 Å². The first kappa shape index (κ1) is 14.7. The highest BCUT2D eigenvalue weighted by Gasteiger charge is 2.33. The Morgan fingerprint density at radius 3 is 2.54 bits per heavy atom. The Bertz CT molecular complexity index is 941. The monoisotopic (exact) mass is 318 g/mol. The standard InChI is InChI=1S/C20H18N2O2/c1-14-12-21(15-8-4-3-5-9-15)20(23)18-16-10-6-7-11-17(16)22(13-24-2)19(14)18/h3-11H,1,12-13H2,2H3. The van der Waals surface area contributed by atoms with Crippen molar-refractivity contribution in [3.8, 4) is 0 Å². The van der Waals surface area contributed by atoms with E-state index >= 15 is 0 Å². The fraction of sp³-hybridized carbons (Fsp3) is 0.150. The third-order valence-electron chi connectivity index (χ3n) is 4.44. The minimum atomic E-state index is 0.00894. The molecule has 1 aliphatic heterocycles. The number of amides is 1. The molecule has 4 nitrogen and oxygen atoms in total. The summed E-state index contributed by atoms with van der Waals surface area (Å²) in [5.41, 5.74) is 4.39. The Kier molecular flexibility index (Phi) is 3.47. The molecule has 4 heteroatoms. The van der Waals surface area contributed by atoms with Crippen molar-refractivity contribution in [2.45, 2.75) is 6.73 Å². The Morgan fingerprint density at radius 1 is 1.08 bits per heavy atom. The highest BCUT2D eigenvalue weighted by molar-refractivity contribution is 6.20. The molecule has 0 fully saturated rings. The van der Waals surface area contributed by atoms with Gasteiger partial charge >= 0.3 is 0 Å². The van der Waals surface area contributed by atoms with Crippen molar-refractivity contribution < 1.29 is 9.53 Å². The van der Waals surface area contributed by atoms with Crippen molar-refractivity contribution in [2.24, 2.45) is 0 Å². The minimum absolute atomic E-state index is 0.00894. The molecular formula is C20H18N2O2. The number of carbonyl (C=O) groups is 1. The average Bonchev–Trinajstić information content (AvgIpc) is 2.95. The number of hydrogen-bond acceptors (Lipinski definition) is 2. The molecule has 0 saturated heterocycles. The molecule has 0 N–H and O–H groups in total. The number of methoxy groups -OCH3 is 1. The van der Waals surface area contributed by atoms with Crippen LogP contribution in [-0.2, 0) is 11.5 Å². The second kappa shape index (κ2) is 5.65. The lowest BCUT2D eigenvalue weighted by Gasteiger charge is -2.29. The first-order valence-corrected chi connectivity index (χ1v) is 7.87. The van der Waals surface area contributed by atoms with E-state index < -0.39 is 0 Å². The van der Waals surface area contributed by atoms with Gasteiger partial charge in [-0.1, -0.05) is 43.0 Å². The lowest BCUT2D eigenvalue weighted by Crippen LogP contribution is -2.37. The van der Waals surface area contributed by atoms with E-state index in [1.807, 2.05) is 59.2 Å². The van der Waals surface area contributed by atoms with Gasteiger partial charge in [0.15, 0.2) is 0 Å². The number of ether oxygens (including phenoxy) is 1. The lowest BCUT2D eigenvalue weighted by atomic mass is 9.99. The zero-order chi connectivity index (χ0) is 16.7. The Morgan fingerprint density at radius 2 is 1.79 bits per heavy atom. The maximum atomic E-state index is 13.2. The highest BCUT2D eigenvalue weighted by atomic mass is 16.5. The molecule has 0 radical (unpaired) electrons. The summed E-state index contributed by atoms with van der Waals surface area (Å²) in [6.07, 6.45) is 0. The minimum Gasteiger partial charge on any atom is -0.364 e. The van der Waals surface area contributed by atoms with Gasteiger partial charge in [-0.2, -0.15) is 0 Å². The molecule has 4 rings (SSSR count). The smallest absolute Gasteiger partial charge is 0.261 e. The Hall–Kier alpha value is -2.85. The van der Waals surface area contributed by atoms with Crippen molar-refractivity contribution in [3.05, 3.63) is 72.4 Å². The Balaban J connectivity index is 1.95. The van der Waals surface area contributed by atoms with Crippen LogP contribution in [0.5, 0.6) is 0 Å². The SMILES string of the molecule is C=C1CN(c2ccccc2)C(=O)c2c1n(COC)c1ccccc21. The van der Waals surface area contributed by atoms with Crippen molar-refractivity contribution in [3.63, 3.8) is 0 Å². The van der Waals surface area contributed by atoms with E-state index in [2.05, 4.69) is 6.58 Å². The number of nitrogens with zero attached hydrogens (tertiary/aromatic N) is 2. The van der Waals surface area contributed by atoms with Crippen LogP contribution in [-0.4, -0.2) is 24.1 Å². The van der Waals surface area contributed by atoms with Crippen LogP contribution in [0.4, 0.5) is 5.69 Å².